The van der Waals surface area contributed by atoms with E-state index in [9.17, 15) is 14.0 Å². The zero-order valence-corrected chi connectivity index (χ0v) is 17.2. The van der Waals surface area contributed by atoms with Crippen molar-refractivity contribution < 1.29 is 18.8 Å². The predicted octanol–water partition coefficient (Wildman–Crippen LogP) is 3.11. The van der Waals surface area contributed by atoms with Crippen molar-refractivity contribution in [1.82, 2.24) is 20.3 Å². The first-order chi connectivity index (χ1) is 15.1. The maximum atomic E-state index is 14.3. The number of carbonyl (C=O) groups is 2. The van der Waals surface area contributed by atoms with E-state index in [1.165, 1.54) is 5.06 Å². The summed E-state index contributed by atoms with van der Waals surface area (Å²) in [6.07, 6.45) is 9.73. The van der Waals surface area contributed by atoms with Crippen LogP contribution in [-0.4, -0.2) is 33.5 Å². The van der Waals surface area contributed by atoms with Gasteiger partial charge in [-0.25, -0.2) is 9.45 Å². The van der Waals surface area contributed by atoms with E-state index < -0.39 is 0 Å². The minimum absolute atomic E-state index is 0.0202. The molecule has 0 bridgehead atoms. The molecule has 0 spiro atoms. The van der Waals surface area contributed by atoms with Crippen LogP contribution in [0.5, 0.6) is 0 Å². The topological polar surface area (TPSA) is 84.4 Å². The second-order valence-corrected chi connectivity index (χ2v) is 8.64. The molecule has 0 unspecified atom stereocenters. The number of aromatic nitrogens is 2. The highest BCUT2D eigenvalue weighted by Crippen LogP contribution is 2.36. The number of nitrogens with one attached hydrogen (secondary N) is 1. The van der Waals surface area contributed by atoms with Gasteiger partial charge in [0.05, 0.1) is 18.5 Å². The van der Waals surface area contributed by atoms with Gasteiger partial charge in [-0.3, -0.25) is 24.4 Å². The van der Waals surface area contributed by atoms with Gasteiger partial charge in [-0.05, 0) is 55.7 Å². The van der Waals surface area contributed by atoms with Crippen molar-refractivity contribution >= 4 is 11.8 Å². The summed E-state index contributed by atoms with van der Waals surface area (Å²) in [7, 11) is 0. The van der Waals surface area contributed by atoms with Crippen LogP contribution in [0.2, 0.25) is 0 Å². The second-order valence-electron chi connectivity index (χ2n) is 8.64. The molecule has 1 aromatic heterocycles. The summed E-state index contributed by atoms with van der Waals surface area (Å²) >= 11 is 0. The van der Waals surface area contributed by atoms with Crippen molar-refractivity contribution in [3.63, 3.8) is 0 Å². The Morgan fingerprint density at radius 1 is 1.19 bits per heavy atom. The molecule has 0 radical (unpaired) electrons. The summed E-state index contributed by atoms with van der Waals surface area (Å²) in [4.78, 5) is 39.1. The third-order valence-electron chi connectivity index (χ3n) is 6.69. The molecule has 1 aromatic carbocycles. The Hall–Kier alpha value is -2.87. The standard InChI is InChI=1S/C23H25FN4O3/c24-19-11-15(10-17-18(19)12-27-22(17)29)9-14-1-3-16(4-2-14)23(30)28-21(5-8-31-28)20-13-25-6-7-26-20/h6-7,10-11,13-14,16,21H,1-5,8-9,12H2,(H,27,29)/t14?,16?,21-/m0/s1. The molecule has 2 fully saturated rings. The minimum atomic E-state index is -0.309. The van der Waals surface area contributed by atoms with Crippen molar-refractivity contribution in [3.05, 3.63) is 58.9 Å². The highest BCUT2D eigenvalue weighted by Gasteiger charge is 2.38. The second kappa shape index (κ2) is 8.34. The Balaban J connectivity index is 1.20. The molecule has 1 N–H and O–H groups in total. The number of amides is 2. The average molecular weight is 424 g/mol. The molecule has 162 valence electrons. The van der Waals surface area contributed by atoms with Crippen LogP contribution in [0.25, 0.3) is 0 Å². The Kier molecular flexibility index (Phi) is 5.40. The lowest BCUT2D eigenvalue weighted by molar-refractivity contribution is -0.183. The molecule has 1 saturated carbocycles. The quantitative estimate of drug-likeness (QED) is 0.815. The Morgan fingerprint density at radius 2 is 2.03 bits per heavy atom. The lowest BCUT2D eigenvalue weighted by atomic mass is 9.78. The number of benzene rings is 1. The number of fused-ring (bicyclic) bond motifs is 1. The van der Waals surface area contributed by atoms with Crippen LogP contribution in [0.3, 0.4) is 0 Å². The first-order valence-corrected chi connectivity index (χ1v) is 10.9. The number of hydroxylamine groups is 2. The predicted molar refractivity (Wildman–Crippen MR) is 109 cm³/mol. The van der Waals surface area contributed by atoms with Gasteiger partial charge in [0.2, 0.25) is 5.91 Å². The molecule has 3 heterocycles. The zero-order valence-electron chi connectivity index (χ0n) is 17.2. The van der Waals surface area contributed by atoms with Gasteiger partial charge in [-0.2, -0.15) is 0 Å². The van der Waals surface area contributed by atoms with E-state index in [4.69, 9.17) is 4.84 Å². The van der Waals surface area contributed by atoms with E-state index in [2.05, 4.69) is 15.3 Å². The summed E-state index contributed by atoms with van der Waals surface area (Å²) in [5, 5.41) is 4.18. The largest absolute Gasteiger partial charge is 0.348 e. The molecule has 1 atom stereocenters. The lowest BCUT2D eigenvalue weighted by Crippen LogP contribution is -2.37. The van der Waals surface area contributed by atoms with Crippen molar-refractivity contribution in [2.24, 2.45) is 11.8 Å². The summed E-state index contributed by atoms with van der Waals surface area (Å²) in [5.41, 5.74) is 2.53. The molecule has 2 aromatic rings. The molecule has 1 saturated heterocycles. The van der Waals surface area contributed by atoms with Crippen LogP contribution < -0.4 is 5.32 Å². The van der Waals surface area contributed by atoms with E-state index in [1.807, 2.05) is 6.07 Å². The van der Waals surface area contributed by atoms with Crippen LogP contribution in [0.4, 0.5) is 4.39 Å². The molecule has 31 heavy (non-hydrogen) atoms. The summed E-state index contributed by atoms with van der Waals surface area (Å²) in [6, 6.07) is 3.20. The monoisotopic (exact) mass is 424 g/mol. The fraction of sp³-hybridized carbons (Fsp3) is 0.478. The van der Waals surface area contributed by atoms with E-state index in [1.54, 1.807) is 24.7 Å². The maximum Gasteiger partial charge on any atom is 0.252 e. The van der Waals surface area contributed by atoms with Gasteiger partial charge in [0.1, 0.15) is 11.9 Å². The first-order valence-electron chi connectivity index (χ1n) is 10.9. The van der Waals surface area contributed by atoms with Crippen molar-refractivity contribution in [2.45, 2.75) is 51.1 Å². The SMILES string of the molecule is O=C1NCc2c(F)cc(CC3CCC(C(=O)N4OCC[C@H]4c4cnccn4)CC3)cc21. The van der Waals surface area contributed by atoms with Gasteiger partial charge < -0.3 is 5.32 Å². The van der Waals surface area contributed by atoms with Crippen molar-refractivity contribution in [2.75, 3.05) is 6.61 Å². The molecule has 3 aliphatic rings. The molecular formula is C23H25FN4O3. The third-order valence-corrected chi connectivity index (χ3v) is 6.69. The van der Waals surface area contributed by atoms with E-state index in [0.717, 1.165) is 49.8 Å². The fourth-order valence-electron chi connectivity index (χ4n) is 5.02. The van der Waals surface area contributed by atoms with Gasteiger partial charge in [-0.1, -0.05) is 0 Å². The molecule has 7 nitrogen and oxygen atoms in total. The zero-order chi connectivity index (χ0) is 21.4. The fourth-order valence-corrected chi connectivity index (χ4v) is 5.02. The number of hydrogen-bond acceptors (Lipinski definition) is 5. The smallest absolute Gasteiger partial charge is 0.252 e. The number of hydrogen-bond donors (Lipinski definition) is 1. The molecule has 1 aliphatic carbocycles. The average Bonchev–Trinajstić information content (AvgIpc) is 3.42. The Morgan fingerprint density at radius 3 is 2.81 bits per heavy atom. The molecule has 5 rings (SSSR count). The summed E-state index contributed by atoms with van der Waals surface area (Å²) in [5.74, 6) is -0.187. The minimum Gasteiger partial charge on any atom is -0.348 e. The number of halogens is 1. The molecular weight excluding hydrogens is 399 g/mol. The van der Waals surface area contributed by atoms with Crippen molar-refractivity contribution in [3.8, 4) is 0 Å². The van der Waals surface area contributed by atoms with Gasteiger partial charge in [0, 0.05) is 42.4 Å². The molecule has 2 aliphatic heterocycles. The van der Waals surface area contributed by atoms with E-state index >= 15 is 0 Å². The van der Waals surface area contributed by atoms with Crippen LogP contribution in [-0.2, 0) is 22.6 Å². The van der Waals surface area contributed by atoms with Crippen LogP contribution in [0, 0.1) is 17.7 Å². The summed E-state index contributed by atoms with van der Waals surface area (Å²) < 4.78 is 14.3. The Labute approximate surface area is 180 Å². The van der Waals surface area contributed by atoms with Gasteiger partial charge in [-0.15, -0.1) is 0 Å². The first kappa shape index (κ1) is 20.1. The molecule has 2 amide bonds. The summed E-state index contributed by atoms with van der Waals surface area (Å²) in [6.45, 7) is 0.765. The van der Waals surface area contributed by atoms with Crippen LogP contribution in [0.1, 0.15) is 65.3 Å². The highest BCUT2D eigenvalue weighted by atomic mass is 19.1. The number of carbonyl (C=O) groups excluding carboxylic acids is 2. The maximum absolute atomic E-state index is 14.3. The normalized spacial score (nSPS) is 25.4. The van der Waals surface area contributed by atoms with Crippen LogP contribution in [0.15, 0.2) is 30.7 Å². The van der Waals surface area contributed by atoms with E-state index in [-0.39, 0.29) is 36.1 Å². The number of rotatable bonds is 4. The lowest BCUT2D eigenvalue weighted by Gasteiger charge is -2.31. The van der Waals surface area contributed by atoms with Gasteiger partial charge in [0.25, 0.3) is 5.91 Å². The Bertz CT molecular complexity index is 992. The third kappa shape index (κ3) is 3.92. The van der Waals surface area contributed by atoms with Crippen molar-refractivity contribution in [1.29, 1.82) is 0 Å². The molecule has 8 heteroatoms. The van der Waals surface area contributed by atoms with E-state index in [0.29, 0.717) is 23.7 Å². The van der Waals surface area contributed by atoms with Gasteiger partial charge >= 0.3 is 0 Å². The van der Waals surface area contributed by atoms with Gasteiger partial charge in [0.15, 0.2) is 0 Å². The number of nitrogens with zero attached hydrogens (tertiary/aromatic N) is 3. The van der Waals surface area contributed by atoms with Crippen LogP contribution >= 0.6 is 0 Å². The highest BCUT2D eigenvalue weighted by molar-refractivity contribution is 5.98.